The van der Waals surface area contributed by atoms with E-state index < -0.39 is 11.7 Å². The molecule has 2 N–H and O–H groups in total. The van der Waals surface area contributed by atoms with E-state index in [1.807, 2.05) is 9.47 Å². The van der Waals surface area contributed by atoms with E-state index in [2.05, 4.69) is 10.2 Å². The molecule has 0 radical (unpaired) electrons. The average molecular weight is 297 g/mol. The van der Waals surface area contributed by atoms with Gasteiger partial charge in [-0.1, -0.05) is 0 Å². The molecule has 0 atom stereocenters. The first kappa shape index (κ1) is 13.9. The average Bonchev–Trinajstić information content (AvgIpc) is 2.93. The number of alkyl halides is 3. The second kappa shape index (κ2) is 5.03. The van der Waals surface area contributed by atoms with Crippen LogP contribution in [0, 0.1) is 0 Å². The Morgan fingerprint density at radius 2 is 2.05 bits per heavy atom. The van der Waals surface area contributed by atoms with E-state index in [1.165, 1.54) is 6.07 Å². The zero-order valence-corrected chi connectivity index (χ0v) is 11.1. The molecule has 0 bridgehead atoms. The number of rotatable bonds is 2. The van der Waals surface area contributed by atoms with E-state index in [4.69, 9.17) is 5.73 Å². The van der Waals surface area contributed by atoms with Gasteiger partial charge in [-0.2, -0.15) is 13.2 Å². The molecule has 0 saturated heterocycles. The van der Waals surface area contributed by atoms with E-state index in [-0.39, 0.29) is 6.54 Å². The predicted octanol–water partition coefficient (Wildman–Crippen LogP) is 1.78. The van der Waals surface area contributed by atoms with Gasteiger partial charge in [-0.25, -0.2) is 0 Å². The first-order valence-electron chi connectivity index (χ1n) is 6.51. The lowest BCUT2D eigenvalue weighted by Crippen LogP contribution is -2.34. The van der Waals surface area contributed by atoms with Crippen molar-refractivity contribution in [3.05, 3.63) is 41.5 Å². The maximum Gasteiger partial charge on any atom is 0.416 e. The third kappa shape index (κ3) is 2.58. The lowest BCUT2D eigenvalue weighted by Gasteiger charge is -2.30. The minimum atomic E-state index is -4.36. The Balaban J connectivity index is 1.92. The minimum Gasteiger partial charge on any atom is -0.362 e. The van der Waals surface area contributed by atoms with E-state index in [9.17, 15) is 13.2 Å². The highest BCUT2D eigenvalue weighted by Crippen LogP contribution is 2.33. The molecule has 0 unspecified atom stereocenters. The van der Waals surface area contributed by atoms with Crippen molar-refractivity contribution in [3.8, 4) is 0 Å². The van der Waals surface area contributed by atoms with Crippen LogP contribution in [0.4, 0.5) is 18.9 Å². The number of anilines is 1. The molecule has 0 amide bonds. The van der Waals surface area contributed by atoms with Gasteiger partial charge < -0.3 is 15.2 Å². The summed E-state index contributed by atoms with van der Waals surface area (Å²) in [6.45, 7) is 1.96. The van der Waals surface area contributed by atoms with Gasteiger partial charge in [0.2, 0.25) is 0 Å². The van der Waals surface area contributed by atoms with Crippen LogP contribution in [0.1, 0.15) is 17.0 Å². The molecule has 21 heavy (non-hydrogen) atoms. The molecule has 2 heterocycles. The summed E-state index contributed by atoms with van der Waals surface area (Å²) in [5.74, 6) is 0.795. The molecule has 1 aliphatic rings. The maximum absolute atomic E-state index is 12.8. The largest absolute Gasteiger partial charge is 0.416 e. The van der Waals surface area contributed by atoms with Crippen LogP contribution in [0.15, 0.2) is 24.5 Å². The summed E-state index contributed by atoms with van der Waals surface area (Å²) in [6.07, 6.45) is -2.70. The Morgan fingerprint density at radius 1 is 1.24 bits per heavy atom. The van der Waals surface area contributed by atoms with Gasteiger partial charge in [0.15, 0.2) is 5.82 Å². The number of benzene rings is 1. The minimum absolute atomic E-state index is 0.0580. The van der Waals surface area contributed by atoms with Crippen LogP contribution >= 0.6 is 0 Å². The fourth-order valence-electron chi connectivity index (χ4n) is 2.51. The van der Waals surface area contributed by atoms with E-state index >= 15 is 0 Å². The van der Waals surface area contributed by atoms with Crippen molar-refractivity contribution in [3.63, 3.8) is 0 Å². The number of fused-ring (bicyclic) bond motifs is 1. The lowest BCUT2D eigenvalue weighted by atomic mass is 10.1. The standard InChI is InChI=1S/C13H14F3N5/c14-13(15,16)10-1-2-11(9(5-10)6-17)20-3-4-21-8-18-19-12(21)7-20/h1-2,5,8H,3-4,6-7,17H2. The van der Waals surface area contributed by atoms with Gasteiger partial charge in [0.05, 0.1) is 12.1 Å². The Hall–Kier alpha value is -2.09. The fraction of sp³-hybridized carbons (Fsp3) is 0.385. The van der Waals surface area contributed by atoms with E-state index in [1.54, 1.807) is 6.33 Å². The molecule has 1 aromatic heterocycles. The second-order valence-electron chi connectivity index (χ2n) is 4.91. The summed E-state index contributed by atoms with van der Waals surface area (Å²) >= 11 is 0. The molecule has 112 valence electrons. The van der Waals surface area contributed by atoms with Crippen molar-refractivity contribution in [2.24, 2.45) is 5.73 Å². The van der Waals surface area contributed by atoms with Crippen molar-refractivity contribution in [2.45, 2.75) is 25.8 Å². The molecule has 0 aliphatic carbocycles. The predicted molar refractivity (Wildman–Crippen MR) is 70.4 cm³/mol. The summed E-state index contributed by atoms with van der Waals surface area (Å²) in [6, 6.07) is 3.69. The molecular formula is C13H14F3N5. The normalized spacial score (nSPS) is 15.1. The highest BCUT2D eigenvalue weighted by atomic mass is 19.4. The van der Waals surface area contributed by atoms with Gasteiger partial charge in [0.25, 0.3) is 0 Å². The van der Waals surface area contributed by atoms with Crippen LogP contribution in [-0.2, 0) is 25.8 Å². The van der Waals surface area contributed by atoms with Crippen LogP contribution in [-0.4, -0.2) is 21.3 Å². The highest BCUT2D eigenvalue weighted by Gasteiger charge is 2.31. The zero-order valence-electron chi connectivity index (χ0n) is 11.1. The van der Waals surface area contributed by atoms with Gasteiger partial charge in [0.1, 0.15) is 6.33 Å². The Labute approximate surface area is 119 Å². The molecule has 5 nitrogen and oxygen atoms in total. The number of aromatic nitrogens is 3. The van der Waals surface area contributed by atoms with Crippen molar-refractivity contribution in [1.82, 2.24) is 14.8 Å². The highest BCUT2D eigenvalue weighted by molar-refractivity contribution is 5.55. The monoisotopic (exact) mass is 297 g/mol. The molecule has 1 aromatic carbocycles. The van der Waals surface area contributed by atoms with Gasteiger partial charge in [-0.05, 0) is 23.8 Å². The second-order valence-corrected chi connectivity index (χ2v) is 4.91. The third-order valence-electron chi connectivity index (χ3n) is 3.61. The summed E-state index contributed by atoms with van der Waals surface area (Å²) in [5, 5.41) is 7.84. The van der Waals surface area contributed by atoms with Crippen LogP contribution in [0.25, 0.3) is 0 Å². The first-order chi connectivity index (χ1) is 9.99. The molecule has 0 saturated carbocycles. The van der Waals surface area contributed by atoms with Crippen LogP contribution < -0.4 is 10.6 Å². The van der Waals surface area contributed by atoms with Crippen molar-refractivity contribution in [2.75, 3.05) is 11.4 Å². The Morgan fingerprint density at radius 3 is 2.76 bits per heavy atom. The summed E-state index contributed by atoms with van der Waals surface area (Å²) < 4.78 is 40.2. The van der Waals surface area contributed by atoms with Gasteiger partial charge in [-0.3, -0.25) is 0 Å². The van der Waals surface area contributed by atoms with Crippen molar-refractivity contribution in [1.29, 1.82) is 0 Å². The first-order valence-corrected chi connectivity index (χ1v) is 6.51. The lowest BCUT2D eigenvalue weighted by molar-refractivity contribution is -0.137. The Kier molecular flexibility index (Phi) is 3.32. The van der Waals surface area contributed by atoms with Crippen molar-refractivity contribution >= 4 is 5.69 Å². The summed E-state index contributed by atoms with van der Waals surface area (Å²) in [4.78, 5) is 1.98. The SMILES string of the molecule is NCc1cc(C(F)(F)F)ccc1N1CCn2cnnc2C1. The number of nitrogens with two attached hydrogens (primary N) is 1. The smallest absolute Gasteiger partial charge is 0.362 e. The Bertz CT molecular complexity index is 649. The maximum atomic E-state index is 12.8. The number of hydrogen-bond acceptors (Lipinski definition) is 4. The molecule has 0 spiro atoms. The van der Waals surface area contributed by atoms with Gasteiger partial charge in [0, 0.05) is 25.3 Å². The van der Waals surface area contributed by atoms with Crippen LogP contribution in [0.3, 0.4) is 0 Å². The molecule has 1 aliphatic heterocycles. The third-order valence-corrected chi connectivity index (χ3v) is 3.61. The van der Waals surface area contributed by atoms with Crippen LogP contribution in [0.5, 0.6) is 0 Å². The topological polar surface area (TPSA) is 60.0 Å². The molecular weight excluding hydrogens is 283 g/mol. The zero-order chi connectivity index (χ0) is 15.0. The van der Waals surface area contributed by atoms with Gasteiger partial charge >= 0.3 is 6.18 Å². The molecule has 8 heteroatoms. The van der Waals surface area contributed by atoms with Crippen LogP contribution in [0.2, 0.25) is 0 Å². The number of hydrogen-bond donors (Lipinski definition) is 1. The molecule has 3 rings (SSSR count). The van der Waals surface area contributed by atoms with Gasteiger partial charge in [-0.15, -0.1) is 10.2 Å². The fourth-order valence-corrected chi connectivity index (χ4v) is 2.51. The summed E-state index contributed by atoms with van der Waals surface area (Å²) in [5.41, 5.74) is 6.15. The van der Waals surface area contributed by atoms with E-state index in [0.717, 1.165) is 23.6 Å². The molecule has 2 aromatic rings. The molecule has 0 fully saturated rings. The van der Waals surface area contributed by atoms with Crippen molar-refractivity contribution < 1.29 is 13.2 Å². The number of halogens is 3. The number of nitrogens with zero attached hydrogens (tertiary/aromatic N) is 4. The quantitative estimate of drug-likeness (QED) is 0.918. The van der Waals surface area contributed by atoms with E-state index in [0.29, 0.717) is 25.2 Å². The summed E-state index contributed by atoms with van der Waals surface area (Å²) in [7, 11) is 0.